The van der Waals surface area contributed by atoms with E-state index in [0.29, 0.717) is 36.0 Å². The number of H-pyrrole nitrogens is 1. The largest absolute Gasteiger partial charge is 0.352 e. The van der Waals surface area contributed by atoms with Crippen LogP contribution in [0.3, 0.4) is 0 Å². The Labute approximate surface area is 156 Å². The van der Waals surface area contributed by atoms with Crippen molar-refractivity contribution in [2.24, 2.45) is 0 Å². The minimum absolute atomic E-state index is 0.209. The molecular formula is C21H23N3O3. The van der Waals surface area contributed by atoms with Crippen LogP contribution in [-0.4, -0.2) is 22.0 Å². The number of aromatic nitrogens is 2. The van der Waals surface area contributed by atoms with E-state index in [9.17, 15) is 14.4 Å². The van der Waals surface area contributed by atoms with Crippen molar-refractivity contribution in [3.63, 3.8) is 0 Å². The summed E-state index contributed by atoms with van der Waals surface area (Å²) in [7, 11) is 0. The van der Waals surface area contributed by atoms with E-state index in [4.69, 9.17) is 0 Å². The highest BCUT2D eigenvalue weighted by Gasteiger charge is 2.11. The molecule has 0 aliphatic carbocycles. The van der Waals surface area contributed by atoms with Crippen LogP contribution in [0, 0.1) is 0 Å². The molecule has 1 heterocycles. The molecule has 3 aromatic rings. The number of hydrogen-bond donors (Lipinski definition) is 2. The van der Waals surface area contributed by atoms with Crippen molar-refractivity contribution >= 4 is 16.8 Å². The first-order chi connectivity index (χ1) is 13.1. The Kier molecular flexibility index (Phi) is 5.86. The summed E-state index contributed by atoms with van der Waals surface area (Å²) in [4.78, 5) is 40.0. The Morgan fingerprint density at radius 2 is 1.89 bits per heavy atom. The highest BCUT2D eigenvalue weighted by molar-refractivity contribution is 5.97. The summed E-state index contributed by atoms with van der Waals surface area (Å²) in [6.07, 6.45) is 2.49. The molecule has 0 aliphatic rings. The number of unbranched alkanes of at least 4 members (excludes halogenated alkanes) is 1. The lowest BCUT2D eigenvalue weighted by atomic mass is 10.1. The summed E-state index contributed by atoms with van der Waals surface area (Å²) in [6, 6.07) is 14.5. The zero-order valence-corrected chi connectivity index (χ0v) is 15.3. The van der Waals surface area contributed by atoms with Crippen molar-refractivity contribution in [2.75, 3.05) is 6.54 Å². The van der Waals surface area contributed by atoms with Gasteiger partial charge in [-0.05, 0) is 36.6 Å². The van der Waals surface area contributed by atoms with Gasteiger partial charge in [0.1, 0.15) is 0 Å². The number of aromatic amines is 1. The number of carbonyl (C=O) groups is 1. The molecule has 0 saturated heterocycles. The van der Waals surface area contributed by atoms with Gasteiger partial charge in [0.15, 0.2) is 0 Å². The van der Waals surface area contributed by atoms with E-state index in [-0.39, 0.29) is 11.5 Å². The molecule has 0 atom stereocenters. The van der Waals surface area contributed by atoms with Crippen molar-refractivity contribution in [3.05, 3.63) is 80.5 Å². The Morgan fingerprint density at radius 1 is 1.11 bits per heavy atom. The second-order valence-corrected chi connectivity index (χ2v) is 6.49. The summed E-state index contributed by atoms with van der Waals surface area (Å²) < 4.78 is 1.20. The van der Waals surface area contributed by atoms with Crippen molar-refractivity contribution in [1.29, 1.82) is 0 Å². The average molecular weight is 365 g/mol. The lowest BCUT2D eigenvalue weighted by Gasteiger charge is -2.08. The molecule has 2 aromatic carbocycles. The quantitative estimate of drug-likeness (QED) is 0.631. The SMILES string of the molecule is CCCCNC(=O)c1ccc2c(=O)n(CCc3ccccc3)c(=O)[nH]c2c1. The molecule has 140 valence electrons. The fraction of sp³-hybridized carbons (Fsp3) is 0.286. The number of hydrogen-bond acceptors (Lipinski definition) is 3. The number of carbonyl (C=O) groups excluding carboxylic acids is 1. The van der Waals surface area contributed by atoms with Gasteiger partial charge in [-0.3, -0.25) is 14.2 Å². The van der Waals surface area contributed by atoms with Gasteiger partial charge < -0.3 is 10.3 Å². The molecule has 0 aliphatic heterocycles. The van der Waals surface area contributed by atoms with Gasteiger partial charge in [0.2, 0.25) is 0 Å². The fourth-order valence-electron chi connectivity index (χ4n) is 2.97. The van der Waals surface area contributed by atoms with E-state index in [0.717, 1.165) is 18.4 Å². The molecule has 3 rings (SSSR count). The molecule has 6 heteroatoms. The van der Waals surface area contributed by atoms with Gasteiger partial charge in [-0.1, -0.05) is 43.7 Å². The average Bonchev–Trinajstić information content (AvgIpc) is 2.68. The van der Waals surface area contributed by atoms with E-state index < -0.39 is 5.69 Å². The fourth-order valence-corrected chi connectivity index (χ4v) is 2.97. The number of benzene rings is 2. The predicted octanol–water partition coefficient (Wildman–Crippen LogP) is 2.46. The third-order valence-electron chi connectivity index (χ3n) is 4.53. The molecular weight excluding hydrogens is 342 g/mol. The summed E-state index contributed by atoms with van der Waals surface area (Å²) in [5.74, 6) is -0.209. The van der Waals surface area contributed by atoms with Crippen LogP contribution in [0.15, 0.2) is 58.1 Å². The highest BCUT2D eigenvalue weighted by Crippen LogP contribution is 2.09. The first-order valence-corrected chi connectivity index (χ1v) is 9.19. The highest BCUT2D eigenvalue weighted by atomic mass is 16.2. The van der Waals surface area contributed by atoms with Crippen LogP contribution in [0.5, 0.6) is 0 Å². The normalized spacial score (nSPS) is 10.9. The molecule has 6 nitrogen and oxygen atoms in total. The van der Waals surface area contributed by atoms with Crippen molar-refractivity contribution < 1.29 is 4.79 Å². The molecule has 0 spiro atoms. The van der Waals surface area contributed by atoms with Crippen LogP contribution in [0.2, 0.25) is 0 Å². The van der Waals surface area contributed by atoms with Crippen LogP contribution in [0.1, 0.15) is 35.7 Å². The number of amides is 1. The molecule has 0 bridgehead atoms. The number of nitrogens with zero attached hydrogens (tertiary/aromatic N) is 1. The number of rotatable bonds is 7. The second kappa shape index (κ2) is 8.49. The zero-order valence-electron chi connectivity index (χ0n) is 15.3. The molecule has 0 saturated carbocycles. The number of aryl methyl sites for hydroxylation is 1. The standard InChI is InChI=1S/C21H23N3O3/c1-2-3-12-22-19(25)16-9-10-17-18(14-16)23-21(27)24(20(17)26)13-11-15-7-5-4-6-8-15/h4-10,14H,2-3,11-13H2,1H3,(H,22,25)(H,23,27). The first-order valence-electron chi connectivity index (χ1n) is 9.19. The van der Waals surface area contributed by atoms with Crippen LogP contribution >= 0.6 is 0 Å². The Hall–Kier alpha value is -3.15. The van der Waals surface area contributed by atoms with Gasteiger partial charge in [-0.15, -0.1) is 0 Å². The van der Waals surface area contributed by atoms with Crippen LogP contribution in [0.4, 0.5) is 0 Å². The third kappa shape index (κ3) is 4.34. The molecule has 1 amide bonds. The summed E-state index contributed by atoms with van der Waals surface area (Å²) in [5.41, 5.74) is 1.05. The van der Waals surface area contributed by atoms with Gasteiger partial charge >= 0.3 is 5.69 Å². The number of fused-ring (bicyclic) bond motifs is 1. The summed E-state index contributed by atoms with van der Waals surface area (Å²) in [6.45, 7) is 2.95. The first kappa shape index (κ1) is 18.6. The lowest BCUT2D eigenvalue weighted by Crippen LogP contribution is -2.35. The van der Waals surface area contributed by atoms with E-state index in [1.807, 2.05) is 30.3 Å². The minimum Gasteiger partial charge on any atom is -0.352 e. The number of nitrogens with one attached hydrogen (secondary N) is 2. The zero-order chi connectivity index (χ0) is 19.2. The van der Waals surface area contributed by atoms with Crippen molar-refractivity contribution in [3.8, 4) is 0 Å². The Morgan fingerprint density at radius 3 is 2.63 bits per heavy atom. The van der Waals surface area contributed by atoms with E-state index in [1.54, 1.807) is 18.2 Å². The molecule has 0 unspecified atom stereocenters. The van der Waals surface area contributed by atoms with Gasteiger partial charge in [0, 0.05) is 18.7 Å². The smallest absolute Gasteiger partial charge is 0.328 e. The molecule has 27 heavy (non-hydrogen) atoms. The van der Waals surface area contributed by atoms with E-state index >= 15 is 0 Å². The Balaban J connectivity index is 1.86. The van der Waals surface area contributed by atoms with Gasteiger partial charge in [-0.2, -0.15) is 0 Å². The lowest BCUT2D eigenvalue weighted by molar-refractivity contribution is 0.0953. The maximum atomic E-state index is 12.7. The molecule has 0 radical (unpaired) electrons. The summed E-state index contributed by atoms with van der Waals surface area (Å²) >= 11 is 0. The molecule has 0 fully saturated rings. The van der Waals surface area contributed by atoms with Gasteiger partial charge in [-0.25, -0.2) is 4.79 Å². The molecule has 2 N–H and O–H groups in total. The topological polar surface area (TPSA) is 84.0 Å². The Bertz CT molecular complexity index is 1050. The van der Waals surface area contributed by atoms with Crippen LogP contribution in [-0.2, 0) is 13.0 Å². The van der Waals surface area contributed by atoms with Gasteiger partial charge in [0.05, 0.1) is 10.9 Å². The van der Waals surface area contributed by atoms with Crippen molar-refractivity contribution in [2.45, 2.75) is 32.7 Å². The summed E-state index contributed by atoms with van der Waals surface area (Å²) in [5, 5.41) is 3.23. The minimum atomic E-state index is -0.466. The third-order valence-corrected chi connectivity index (χ3v) is 4.53. The monoisotopic (exact) mass is 365 g/mol. The predicted molar refractivity (Wildman–Crippen MR) is 106 cm³/mol. The molecule has 1 aromatic heterocycles. The van der Waals surface area contributed by atoms with Crippen LogP contribution < -0.4 is 16.6 Å². The van der Waals surface area contributed by atoms with E-state index in [1.165, 1.54) is 4.57 Å². The van der Waals surface area contributed by atoms with E-state index in [2.05, 4.69) is 17.2 Å². The second-order valence-electron chi connectivity index (χ2n) is 6.49. The maximum absolute atomic E-state index is 12.7. The maximum Gasteiger partial charge on any atom is 0.328 e. The van der Waals surface area contributed by atoms with Crippen molar-refractivity contribution in [1.82, 2.24) is 14.9 Å². The van der Waals surface area contributed by atoms with Crippen LogP contribution in [0.25, 0.3) is 10.9 Å². The van der Waals surface area contributed by atoms with Gasteiger partial charge in [0.25, 0.3) is 11.5 Å².